The molecule has 0 bridgehead atoms. The zero-order valence-corrected chi connectivity index (χ0v) is 17.4. The molecule has 1 atom stereocenters. The van der Waals surface area contributed by atoms with Gasteiger partial charge in [-0.2, -0.15) is 0 Å². The number of benzene rings is 2. The van der Waals surface area contributed by atoms with Crippen molar-refractivity contribution in [2.24, 2.45) is 0 Å². The molecule has 6 nitrogen and oxygen atoms in total. The maximum Gasteiger partial charge on any atom is 0.243 e. The molecule has 0 saturated carbocycles. The topological polar surface area (TPSA) is 75.7 Å². The molecule has 27 heavy (non-hydrogen) atoms. The normalized spacial score (nSPS) is 12.3. The van der Waals surface area contributed by atoms with Crippen LogP contribution in [0.4, 0.5) is 5.69 Å². The van der Waals surface area contributed by atoms with Crippen molar-refractivity contribution in [1.29, 1.82) is 0 Å². The van der Waals surface area contributed by atoms with Crippen molar-refractivity contribution in [1.82, 2.24) is 5.32 Å². The second-order valence-electron chi connectivity index (χ2n) is 5.89. The minimum atomic E-state index is -3.69. The van der Waals surface area contributed by atoms with E-state index < -0.39 is 22.0 Å². The maximum atomic E-state index is 12.6. The van der Waals surface area contributed by atoms with Crippen molar-refractivity contribution in [2.45, 2.75) is 19.5 Å². The number of rotatable bonds is 7. The molecule has 0 spiro atoms. The summed E-state index contributed by atoms with van der Waals surface area (Å²) in [6.45, 7) is 1.67. The molecule has 1 N–H and O–H groups in total. The molecule has 2 rings (SSSR count). The molecule has 9 heteroatoms. The molecule has 0 aliphatic heterocycles. The number of nitrogens with one attached hydrogen (secondary N) is 1. The molecule has 0 aliphatic carbocycles. The van der Waals surface area contributed by atoms with Gasteiger partial charge in [0.25, 0.3) is 0 Å². The molecule has 2 aromatic rings. The Balaban J connectivity index is 2.18. The first-order chi connectivity index (χ1) is 12.6. The summed E-state index contributed by atoms with van der Waals surface area (Å²) in [5.41, 5.74) is 1.04. The quantitative estimate of drug-likeness (QED) is 0.729. The number of ether oxygens (including phenoxy) is 1. The number of methoxy groups -OCH3 is 1. The summed E-state index contributed by atoms with van der Waals surface area (Å²) in [5.74, 6) is 0.129. The maximum absolute atomic E-state index is 12.6. The van der Waals surface area contributed by atoms with Gasteiger partial charge in [0.05, 0.1) is 19.1 Å². The van der Waals surface area contributed by atoms with Gasteiger partial charge in [0.15, 0.2) is 0 Å². The van der Waals surface area contributed by atoms with Crippen LogP contribution in [0, 0.1) is 0 Å². The van der Waals surface area contributed by atoms with Crippen LogP contribution in [0.5, 0.6) is 5.75 Å². The number of carbonyl (C=O) groups excluding carboxylic acids is 1. The predicted molar refractivity (Wildman–Crippen MR) is 108 cm³/mol. The number of anilines is 1. The van der Waals surface area contributed by atoms with E-state index in [9.17, 15) is 13.2 Å². The fourth-order valence-corrected chi connectivity index (χ4v) is 4.18. The van der Waals surface area contributed by atoms with Crippen LogP contribution < -0.4 is 14.4 Å². The zero-order chi connectivity index (χ0) is 20.2. The minimum Gasteiger partial charge on any atom is -0.497 e. The van der Waals surface area contributed by atoms with E-state index in [-0.39, 0.29) is 6.54 Å². The smallest absolute Gasteiger partial charge is 0.243 e. The van der Waals surface area contributed by atoms with Gasteiger partial charge in [0, 0.05) is 16.6 Å². The van der Waals surface area contributed by atoms with Gasteiger partial charge in [-0.3, -0.25) is 9.10 Å². The summed E-state index contributed by atoms with van der Waals surface area (Å²) in [5, 5.41) is 3.62. The van der Waals surface area contributed by atoms with E-state index in [1.54, 1.807) is 42.5 Å². The van der Waals surface area contributed by atoms with E-state index in [0.29, 0.717) is 27.0 Å². The Morgan fingerprint density at radius 3 is 2.33 bits per heavy atom. The largest absolute Gasteiger partial charge is 0.497 e. The number of sulfonamides is 1. The number of halogens is 2. The summed E-state index contributed by atoms with van der Waals surface area (Å²) in [7, 11) is -2.18. The highest BCUT2D eigenvalue weighted by atomic mass is 35.5. The van der Waals surface area contributed by atoms with Gasteiger partial charge in [-0.15, -0.1) is 0 Å². The van der Waals surface area contributed by atoms with Crippen LogP contribution in [0.25, 0.3) is 0 Å². The first-order valence-electron chi connectivity index (χ1n) is 7.98. The molecule has 146 valence electrons. The molecule has 0 aliphatic rings. The summed E-state index contributed by atoms with van der Waals surface area (Å²) in [4.78, 5) is 12.6. The van der Waals surface area contributed by atoms with Crippen molar-refractivity contribution < 1.29 is 17.9 Å². The number of hydrogen-bond acceptors (Lipinski definition) is 4. The number of hydrogen-bond donors (Lipinski definition) is 1. The highest BCUT2D eigenvalue weighted by Crippen LogP contribution is 2.24. The summed E-state index contributed by atoms with van der Waals surface area (Å²) in [6.07, 6.45) is 1.05. The second-order valence-corrected chi connectivity index (χ2v) is 8.59. The molecule has 0 aromatic heterocycles. The Hall–Kier alpha value is -1.96. The molecule has 0 fully saturated rings. The summed E-state index contributed by atoms with van der Waals surface area (Å²) < 4.78 is 30.7. The predicted octanol–water partition coefficient (Wildman–Crippen LogP) is 3.47. The van der Waals surface area contributed by atoms with E-state index in [4.69, 9.17) is 27.9 Å². The fourth-order valence-electron chi connectivity index (χ4n) is 2.53. The van der Waals surface area contributed by atoms with Crippen LogP contribution in [0.3, 0.4) is 0 Å². The SMILES string of the molecule is COc1ccc(N(C(C)C(=O)NCc2ccc(Cl)cc2Cl)S(C)(=O)=O)cc1. The third-order valence-corrected chi connectivity index (χ3v) is 5.71. The van der Waals surface area contributed by atoms with Crippen LogP contribution in [-0.4, -0.2) is 33.7 Å². The number of amides is 1. The monoisotopic (exact) mass is 430 g/mol. The average Bonchev–Trinajstić information content (AvgIpc) is 2.60. The van der Waals surface area contributed by atoms with Gasteiger partial charge < -0.3 is 10.1 Å². The lowest BCUT2D eigenvalue weighted by atomic mass is 10.2. The van der Waals surface area contributed by atoms with E-state index in [0.717, 1.165) is 10.6 Å². The second kappa shape index (κ2) is 8.82. The van der Waals surface area contributed by atoms with Crippen LogP contribution in [-0.2, 0) is 21.4 Å². The van der Waals surface area contributed by atoms with Gasteiger partial charge in [-0.25, -0.2) is 8.42 Å². The molecular weight excluding hydrogens is 411 g/mol. The Bertz CT molecular complexity index is 917. The van der Waals surface area contributed by atoms with Crippen molar-refractivity contribution >= 4 is 44.8 Å². The van der Waals surface area contributed by atoms with Crippen molar-refractivity contribution in [3.63, 3.8) is 0 Å². The Kier molecular flexibility index (Phi) is 6.97. The first-order valence-corrected chi connectivity index (χ1v) is 10.6. The Labute approximate surface area is 169 Å². The number of nitrogens with zero attached hydrogens (tertiary/aromatic N) is 1. The zero-order valence-electron chi connectivity index (χ0n) is 15.1. The van der Waals surface area contributed by atoms with Crippen molar-refractivity contribution in [3.8, 4) is 5.75 Å². The van der Waals surface area contributed by atoms with E-state index in [1.807, 2.05) is 0 Å². The lowest BCUT2D eigenvalue weighted by Gasteiger charge is -2.28. The standard InChI is InChI=1S/C18H20Cl2N2O4S/c1-12(18(23)21-11-13-4-5-14(19)10-17(13)20)22(27(3,24)25)15-6-8-16(26-2)9-7-15/h4-10,12H,11H2,1-3H3,(H,21,23). The lowest BCUT2D eigenvalue weighted by Crippen LogP contribution is -2.47. The molecule has 0 saturated heterocycles. The summed E-state index contributed by atoms with van der Waals surface area (Å²) in [6, 6.07) is 10.4. The number of carbonyl (C=O) groups is 1. The fraction of sp³-hybridized carbons (Fsp3) is 0.278. The Morgan fingerprint density at radius 1 is 1.19 bits per heavy atom. The van der Waals surface area contributed by atoms with Crippen LogP contribution >= 0.6 is 23.2 Å². The third-order valence-electron chi connectivity index (χ3n) is 3.88. The third kappa shape index (κ3) is 5.51. The highest BCUT2D eigenvalue weighted by molar-refractivity contribution is 7.92. The van der Waals surface area contributed by atoms with Gasteiger partial charge in [-0.1, -0.05) is 29.3 Å². The highest BCUT2D eigenvalue weighted by Gasteiger charge is 2.29. The molecule has 1 amide bonds. The lowest BCUT2D eigenvalue weighted by molar-refractivity contribution is -0.122. The molecule has 0 heterocycles. The first kappa shape index (κ1) is 21.3. The van der Waals surface area contributed by atoms with Crippen LogP contribution in [0.1, 0.15) is 12.5 Å². The molecular formula is C18H20Cl2N2O4S. The van der Waals surface area contributed by atoms with E-state index in [2.05, 4.69) is 5.32 Å². The average molecular weight is 431 g/mol. The van der Waals surface area contributed by atoms with Gasteiger partial charge >= 0.3 is 0 Å². The van der Waals surface area contributed by atoms with Crippen molar-refractivity contribution in [3.05, 3.63) is 58.1 Å². The van der Waals surface area contributed by atoms with Crippen LogP contribution in [0.15, 0.2) is 42.5 Å². The van der Waals surface area contributed by atoms with E-state index >= 15 is 0 Å². The van der Waals surface area contributed by atoms with Crippen LogP contribution in [0.2, 0.25) is 10.0 Å². The molecule has 2 aromatic carbocycles. The van der Waals surface area contributed by atoms with E-state index in [1.165, 1.54) is 14.0 Å². The summed E-state index contributed by atoms with van der Waals surface area (Å²) >= 11 is 12.0. The van der Waals surface area contributed by atoms with Gasteiger partial charge in [0.1, 0.15) is 11.8 Å². The molecule has 0 radical (unpaired) electrons. The molecule has 1 unspecified atom stereocenters. The Morgan fingerprint density at radius 2 is 1.81 bits per heavy atom. The van der Waals surface area contributed by atoms with Gasteiger partial charge in [0.2, 0.25) is 15.9 Å². The minimum absolute atomic E-state index is 0.152. The van der Waals surface area contributed by atoms with Crippen molar-refractivity contribution in [2.75, 3.05) is 17.7 Å². The van der Waals surface area contributed by atoms with Gasteiger partial charge in [-0.05, 0) is 48.9 Å².